The van der Waals surface area contributed by atoms with Gasteiger partial charge in [-0.25, -0.2) is 0 Å². The zero-order chi connectivity index (χ0) is 10.4. The average molecular weight is 186 g/mol. The first-order chi connectivity index (χ1) is 5.97. The summed E-state index contributed by atoms with van der Waals surface area (Å²) in [5.41, 5.74) is 0. The van der Waals surface area contributed by atoms with Crippen LogP contribution < -0.4 is 5.32 Å². The Morgan fingerprint density at radius 3 is 2.31 bits per heavy atom. The molecule has 0 radical (unpaired) electrons. The SMILES string of the molecule is CCC(C)C(=O)NC(C)CN(C)C. The summed E-state index contributed by atoms with van der Waals surface area (Å²) in [4.78, 5) is 13.5. The van der Waals surface area contributed by atoms with Crippen LogP contribution in [0.4, 0.5) is 0 Å². The highest BCUT2D eigenvalue weighted by Crippen LogP contribution is 2.00. The Kier molecular flexibility index (Phi) is 5.71. The van der Waals surface area contributed by atoms with Gasteiger partial charge in [0.25, 0.3) is 0 Å². The molecular formula is C10H22N2O. The summed E-state index contributed by atoms with van der Waals surface area (Å²) in [6.45, 7) is 6.90. The second kappa shape index (κ2) is 5.97. The van der Waals surface area contributed by atoms with Gasteiger partial charge in [0.05, 0.1) is 0 Å². The molecule has 3 nitrogen and oxygen atoms in total. The number of amides is 1. The summed E-state index contributed by atoms with van der Waals surface area (Å²) in [5.74, 6) is 0.293. The topological polar surface area (TPSA) is 32.3 Å². The predicted octanol–water partition coefficient (Wildman–Crippen LogP) is 1.10. The molecule has 0 aliphatic rings. The molecule has 13 heavy (non-hydrogen) atoms. The number of nitrogens with one attached hydrogen (secondary N) is 1. The summed E-state index contributed by atoms with van der Waals surface area (Å²) >= 11 is 0. The van der Waals surface area contributed by atoms with Gasteiger partial charge < -0.3 is 10.2 Å². The van der Waals surface area contributed by atoms with Gasteiger partial charge in [-0.2, -0.15) is 0 Å². The summed E-state index contributed by atoms with van der Waals surface area (Å²) in [6, 6.07) is 0.233. The number of nitrogens with zero attached hydrogens (tertiary/aromatic N) is 1. The molecule has 0 rings (SSSR count). The molecule has 0 aromatic heterocycles. The quantitative estimate of drug-likeness (QED) is 0.697. The van der Waals surface area contributed by atoms with E-state index in [0.717, 1.165) is 13.0 Å². The standard InChI is InChI=1S/C10H22N2O/c1-6-8(2)10(13)11-9(3)7-12(4)5/h8-9H,6-7H2,1-5H3,(H,11,13). The van der Waals surface area contributed by atoms with E-state index >= 15 is 0 Å². The third kappa shape index (κ3) is 5.64. The fourth-order valence-electron chi connectivity index (χ4n) is 1.16. The van der Waals surface area contributed by atoms with Crippen molar-refractivity contribution in [1.82, 2.24) is 10.2 Å². The van der Waals surface area contributed by atoms with Crippen LogP contribution in [-0.2, 0) is 4.79 Å². The van der Waals surface area contributed by atoms with Crippen molar-refractivity contribution in [3.63, 3.8) is 0 Å². The Bertz CT molecular complexity index is 157. The molecule has 0 fully saturated rings. The highest BCUT2D eigenvalue weighted by atomic mass is 16.1. The molecule has 0 saturated carbocycles. The van der Waals surface area contributed by atoms with Crippen molar-refractivity contribution in [2.24, 2.45) is 5.92 Å². The molecule has 2 atom stereocenters. The van der Waals surface area contributed by atoms with Crippen LogP contribution in [0.25, 0.3) is 0 Å². The van der Waals surface area contributed by atoms with Gasteiger partial charge in [0.1, 0.15) is 0 Å². The summed E-state index contributed by atoms with van der Waals surface area (Å²) in [6.07, 6.45) is 0.903. The van der Waals surface area contributed by atoms with Crippen LogP contribution >= 0.6 is 0 Å². The Labute approximate surface area is 81.5 Å². The van der Waals surface area contributed by atoms with Crippen molar-refractivity contribution < 1.29 is 4.79 Å². The van der Waals surface area contributed by atoms with E-state index in [-0.39, 0.29) is 17.9 Å². The minimum atomic E-state index is 0.129. The highest BCUT2D eigenvalue weighted by Gasteiger charge is 2.13. The minimum absolute atomic E-state index is 0.129. The second-order valence-electron chi connectivity index (χ2n) is 3.98. The van der Waals surface area contributed by atoms with E-state index in [1.54, 1.807) is 0 Å². The lowest BCUT2D eigenvalue weighted by Gasteiger charge is -2.20. The monoisotopic (exact) mass is 186 g/mol. The third-order valence-electron chi connectivity index (χ3n) is 2.09. The molecule has 78 valence electrons. The van der Waals surface area contributed by atoms with E-state index in [1.807, 2.05) is 34.9 Å². The van der Waals surface area contributed by atoms with Crippen molar-refractivity contribution in [3.8, 4) is 0 Å². The first-order valence-electron chi connectivity index (χ1n) is 4.92. The molecule has 0 saturated heterocycles. The lowest BCUT2D eigenvalue weighted by molar-refractivity contribution is -0.125. The Morgan fingerprint density at radius 2 is 1.92 bits per heavy atom. The molecule has 0 spiro atoms. The molecule has 0 aromatic carbocycles. The van der Waals surface area contributed by atoms with Gasteiger partial charge in [0.2, 0.25) is 5.91 Å². The molecule has 0 aromatic rings. The molecule has 1 N–H and O–H groups in total. The average Bonchev–Trinajstić information content (AvgIpc) is 2.01. The van der Waals surface area contributed by atoms with Crippen LogP contribution in [0.5, 0.6) is 0 Å². The number of carbonyl (C=O) groups is 1. The molecule has 0 heterocycles. The minimum Gasteiger partial charge on any atom is -0.352 e. The van der Waals surface area contributed by atoms with Crippen molar-refractivity contribution >= 4 is 5.91 Å². The molecular weight excluding hydrogens is 164 g/mol. The van der Waals surface area contributed by atoms with E-state index in [4.69, 9.17) is 0 Å². The smallest absolute Gasteiger partial charge is 0.223 e. The van der Waals surface area contributed by atoms with E-state index in [2.05, 4.69) is 10.2 Å². The van der Waals surface area contributed by atoms with Gasteiger partial charge in [-0.05, 0) is 27.4 Å². The highest BCUT2D eigenvalue weighted by molar-refractivity contribution is 5.78. The van der Waals surface area contributed by atoms with E-state index in [1.165, 1.54) is 0 Å². The number of hydrogen-bond acceptors (Lipinski definition) is 2. The maximum absolute atomic E-state index is 11.4. The van der Waals surface area contributed by atoms with E-state index in [9.17, 15) is 4.79 Å². The van der Waals surface area contributed by atoms with Crippen LogP contribution in [0.3, 0.4) is 0 Å². The number of rotatable bonds is 5. The molecule has 0 aliphatic heterocycles. The molecule has 1 amide bonds. The van der Waals surface area contributed by atoms with Crippen molar-refractivity contribution in [1.29, 1.82) is 0 Å². The Hall–Kier alpha value is -0.570. The Balaban J connectivity index is 3.77. The third-order valence-corrected chi connectivity index (χ3v) is 2.09. The van der Waals surface area contributed by atoms with Gasteiger partial charge in [-0.1, -0.05) is 13.8 Å². The molecule has 0 aliphatic carbocycles. The summed E-state index contributed by atoms with van der Waals surface area (Å²) in [5, 5.41) is 2.98. The molecule has 2 unspecified atom stereocenters. The molecule has 3 heteroatoms. The zero-order valence-electron chi connectivity index (χ0n) is 9.42. The van der Waals surface area contributed by atoms with Crippen LogP contribution in [0.2, 0.25) is 0 Å². The van der Waals surface area contributed by atoms with E-state index < -0.39 is 0 Å². The number of likely N-dealkylation sites (N-methyl/N-ethyl adjacent to an activating group) is 1. The predicted molar refractivity (Wildman–Crippen MR) is 55.6 cm³/mol. The zero-order valence-corrected chi connectivity index (χ0v) is 9.42. The largest absolute Gasteiger partial charge is 0.352 e. The molecule has 0 bridgehead atoms. The van der Waals surface area contributed by atoms with Crippen LogP contribution in [0.1, 0.15) is 27.2 Å². The van der Waals surface area contributed by atoms with Crippen LogP contribution in [-0.4, -0.2) is 37.5 Å². The Morgan fingerprint density at radius 1 is 1.38 bits per heavy atom. The van der Waals surface area contributed by atoms with E-state index in [0.29, 0.717) is 0 Å². The first kappa shape index (κ1) is 12.4. The normalized spacial score (nSPS) is 15.5. The lowest BCUT2D eigenvalue weighted by atomic mass is 10.1. The van der Waals surface area contributed by atoms with Crippen LogP contribution in [0, 0.1) is 5.92 Å². The van der Waals surface area contributed by atoms with Gasteiger partial charge in [-0.15, -0.1) is 0 Å². The van der Waals surface area contributed by atoms with Crippen molar-refractivity contribution in [3.05, 3.63) is 0 Å². The van der Waals surface area contributed by atoms with Gasteiger partial charge >= 0.3 is 0 Å². The number of carbonyl (C=O) groups excluding carboxylic acids is 1. The van der Waals surface area contributed by atoms with Crippen LogP contribution in [0.15, 0.2) is 0 Å². The first-order valence-corrected chi connectivity index (χ1v) is 4.92. The second-order valence-corrected chi connectivity index (χ2v) is 3.98. The maximum Gasteiger partial charge on any atom is 0.223 e. The van der Waals surface area contributed by atoms with Crippen molar-refractivity contribution in [2.75, 3.05) is 20.6 Å². The van der Waals surface area contributed by atoms with Gasteiger partial charge in [0.15, 0.2) is 0 Å². The lowest BCUT2D eigenvalue weighted by Crippen LogP contribution is -2.41. The van der Waals surface area contributed by atoms with Gasteiger partial charge in [-0.3, -0.25) is 4.79 Å². The fraction of sp³-hybridized carbons (Fsp3) is 0.900. The summed E-state index contributed by atoms with van der Waals surface area (Å²) < 4.78 is 0. The maximum atomic E-state index is 11.4. The van der Waals surface area contributed by atoms with Crippen molar-refractivity contribution in [2.45, 2.75) is 33.2 Å². The number of hydrogen-bond donors (Lipinski definition) is 1. The van der Waals surface area contributed by atoms with Gasteiger partial charge in [0, 0.05) is 18.5 Å². The fourth-order valence-corrected chi connectivity index (χ4v) is 1.16. The summed E-state index contributed by atoms with van der Waals surface area (Å²) in [7, 11) is 4.01.